The third-order valence-corrected chi connectivity index (χ3v) is 2.77. The number of aromatic amines is 1. The summed E-state index contributed by atoms with van der Waals surface area (Å²) in [5.41, 5.74) is 13.3. The van der Waals surface area contributed by atoms with Crippen LogP contribution in [-0.2, 0) is 4.79 Å². The smallest absolute Gasteiger partial charge is 0.240 e. The largest absolute Gasteiger partial charge is 0.399 e. The normalized spacial score (nSPS) is 12.8. The Kier molecular flexibility index (Phi) is 3.10. The molecular weight excluding hydrogens is 230 g/mol. The number of primary amides is 1. The van der Waals surface area contributed by atoms with Gasteiger partial charge in [-0.1, -0.05) is 13.8 Å². The number of carbonyl (C=O) groups excluding carboxylic acids is 1. The van der Waals surface area contributed by atoms with Crippen molar-refractivity contribution >= 4 is 28.6 Å². The molecule has 0 saturated carbocycles. The number of aromatic nitrogens is 2. The molecule has 0 fully saturated rings. The first-order valence-electron chi connectivity index (χ1n) is 5.78. The molecule has 2 rings (SSSR count). The number of imidazole rings is 1. The third-order valence-electron chi connectivity index (χ3n) is 2.77. The Hall–Kier alpha value is -2.24. The van der Waals surface area contributed by atoms with Gasteiger partial charge in [-0.3, -0.25) is 4.79 Å². The minimum Gasteiger partial charge on any atom is -0.399 e. The zero-order chi connectivity index (χ0) is 13.3. The summed E-state index contributed by atoms with van der Waals surface area (Å²) in [6.07, 6.45) is 0. The van der Waals surface area contributed by atoms with Gasteiger partial charge in [0, 0.05) is 5.69 Å². The van der Waals surface area contributed by atoms with Crippen molar-refractivity contribution in [3.63, 3.8) is 0 Å². The first kappa shape index (κ1) is 12.2. The van der Waals surface area contributed by atoms with Gasteiger partial charge < -0.3 is 21.8 Å². The molecule has 1 aromatic heterocycles. The number of benzene rings is 1. The van der Waals surface area contributed by atoms with Crippen LogP contribution in [0.15, 0.2) is 18.2 Å². The number of anilines is 2. The Morgan fingerprint density at radius 3 is 2.78 bits per heavy atom. The van der Waals surface area contributed by atoms with Crippen molar-refractivity contribution in [1.82, 2.24) is 9.97 Å². The number of rotatable bonds is 4. The molecule has 6 heteroatoms. The van der Waals surface area contributed by atoms with Crippen LogP contribution in [0.5, 0.6) is 0 Å². The number of nitrogens with one attached hydrogen (secondary N) is 2. The third kappa shape index (κ3) is 2.37. The second-order valence-corrected chi connectivity index (χ2v) is 4.63. The molecule has 0 saturated heterocycles. The van der Waals surface area contributed by atoms with Gasteiger partial charge in [0.15, 0.2) is 0 Å². The monoisotopic (exact) mass is 247 g/mol. The summed E-state index contributed by atoms with van der Waals surface area (Å²) in [6.45, 7) is 3.84. The van der Waals surface area contributed by atoms with Crippen LogP contribution in [-0.4, -0.2) is 21.9 Å². The lowest BCUT2D eigenvalue weighted by molar-refractivity contribution is -0.119. The first-order valence-corrected chi connectivity index (χ1v) is 5.78. The highest BCUT2D eigenvalue weighted by Gasteiger charge is 2.20. The first-order chi connectivity index (χ1) is 8.47. The van der Waals surface area contributed by atoms with E-state index in [1.54, 1.807) is 12.1 Å². The standard InChI is InChI=1S/C12H17N5O/c1-6(2)10(11(14)18)17-12-15-8-4-3-7(13)5-9(8)16-12/h3-6,10H,13H2,1-2H3,(H2,14,18)(H2,15,16,17). The number of hydrogen-bond acceptors (Lipinski definition) is 4. The maximum Gasteiger partial charge on any atom is 0.240 e. The summed E-state index contributed by atoms with van der Waals surface area (Å²) in [5.74, 6) is 0.207. The second kappa shape index (κ2) is 4.56. The molecule has 0 aliphatic carbocycles. The molecule has 96 valence electrons. The molecule has 1 aromatic carbocycles. The summed E-state index contributed by atoms with van der Waals surface area (Å²) in [6, 6.07) is 4.94. The van der Waals surface area contributed by atoms with Crippen molar-refractivity contribution < 1.29 is 4.79 Å². The van der Waals surface area contributed by atoms with Gasteiger partial charge in [-0.15, -0.1) is 0 Å². The molecule has 6 N–H and O–H groups in total. The molecule has 0 bridgehead atoms. The summed E-state index contributed by atoms with van der Waals surface area (Å²) in [5, 5.41) is 3.00. The minimum absolute atomic E-state index is 0.0841. The average Bonchev–Trinajstić information content (AvgIpc) is 2.66. The predicted molar refractivity (Wildman–Crippen MR) is 71.9 cm³/mol. The Bertz CT molecular complexity index is 575. The summed E-state index contributed by atoms with van der Waals surface area (Å²) >= 11 is 0. The van der Waals surface area contributed by atoms with Gasteiger partial charge in [0.05, 0.1) is 11.0 Å². The molecule has 0 radical (unpaired) electrons. The summed E-state index contributed by atoms with van der Waals surface area (Å²) in [7, 11) is 0. The topological polar surface area (TPSA) is 110 Å². The van der Waals surface area contributed by atoms with Crippen LogP contribution in [0.1, 0.15) is 13.8 Å². The minimum atomic E-state index is -0.456. The maximum atomic E-state index is 11.3. The van der Waals surface area contributed by atoms with Crippen molar-refractivity contribution in [3.05, 3.63) is 18.2 Å². The van der Waals surface area contributed by atoms with Gasteiger partial charge in [0.25, 0.3) is 0 Å². The van der Waals surface area contributed by atoms with Gasteiger partial charge >= 0.3 is 0 Å². The van der Waals surface area contributed by atoms with Crippen molar-refractivity contribution in [1.29, 1.82) is 0 Å². The highest BCUT2D eigenvalue weighted by Crippen LogP contribution is 2.18. The Morgan fingerprint density at radius 1 is 1.44 bits per heavy atom. The van der Waals surface area contributed by atoms with E-state index in [9.17, 15) is 4.79 Å². The van der Waals surface area contributed by atoms with Crippen LogP contribution in [0.4, 0.5) is 11.6 Å². The number of fused-ring (bicyclic) bond motifs is 1. The molecule has 1 unspecified atom stereocenters. The highest BCUT2D eigenvalue weighted by molar-refractivity contribution is 5.84. The van der Waals surface area contributed by atoms with Gasteiger partial charge in [0.1, 0.15) is 6.04 Å². The number of amides is 1. The fourth-order valence-electron chi connectivity index (χ4n) is 1.81. The molecule has 1 atom stereocenters. The Balaban J connectivity index is 2.28. The summed E-state index contributed by atoms with van der Waals surface area (Å²) in [4.78, 5) is 18.7. The van der Waals surface area contributed by atoms with E-state index in [0.29, 0.717) is 11.6 Å². The van der Waals surface area contributed by atoms with Crippen LogP contribution in [0.25, 0.3) is 11.0 Å². The quantitative estimate of drug-likeness (QED) is 0.605. The second-order valence-electron chi connectivity index (χ2n) is 4.63. The number of hydrogen-bond donors (Lipinski definition) is 4. The molecule has 1 amide bonds. The van der Waals surface area contributed by atoms with Crippen LogP contribution in [0.3, 0.4) is 0 Å². The van der Waals surface area contributed by atoms with Gasteiger partial charge in [-0.25, -0.2) is 4.98 Å². The molecule has 6 nitrogen and oxygen atoms in total. The zero-order valence-electron chi connectivity index (χ0n) is 10.4. The van der Waals surface area contributed by atoms with Crippen molar-refractivity contribution in [2.24, 2.45) is 11.7 Å². The fraction of sp³-hybridized carbons (Fsp3) is 0.333. The maximum absolute atomic E-state index is 11.3. The molecular formula is C12H17N5O. The molecule has 0 spiro atoms. The van der Waals surface area contributed by atoms with Gasteiger partial charge in [-0.05, 0) is 24.1 Å². The molecule has 18 heavy (non-hydrogen) atoms. The molecule has 0 aliphatic heterocycles. The van der Waals surface area contributed by atoms with Crippen LogP contribution in [0.2, 0.25) is 0 Å². The van der Waals surface area contributed by atoms with Crippen LogP contribution >= 0.6 is 0 Å². The number of nitrogens with zero attached hydrogens (tertiary/aromatic N) is 1. The Morgan fingerprint density at radius 2 is 2.17 bits per heavy atom. The van der Waals surface area contributed by atoms with E-state index in [2.05, 4.69) is 15.3 Å². The highest BCUT2D eigenvalue weighted by atomic mass is 16.1. The summed E-state index contributed by atoms with van der Waals surface area (Å²) < 4.78 is 0. The lowest BCUT2D eigenvalue weighted by Gasteiger charge is -2.17. The van der Waals surface area contributed by atoms with E-state index in [4.69, 9.17) is 11.5 Å². The fourth-order valence-corrected chi connectivity index (χ4v) is 1.81. The Labute approximate surface area is 105 Å². The van der Waals surface area contributed by atoms with Crippen molar-refractivity contribution in [3.8, 4) is 0 Å². The van der Waals surface area contributed by atoms with E-state index in [1.165, 1.54) is 0 Å². The van der Waals surface area contributed by atoms with Crippen LogP contribution < -0.4 is 16.8 Å². The average molecular weight is 247 g/mol. The van der Waals surface area contributed by atoms with E-state index in [-0.39, 0.29) is 5.92 Å². The SMILES string of the molecule is CC(C)C(Nc1nc2ccc(N)cc2[nH]1)C(N)=O. The lowest BCUT2D eigenvalue weighted by atomic mass is 10.0. The van der Waals surface area contributed by atoms with E-state index in [1.807, 2.05) is 19.9 Å². The number of nitrogens with two attached hydrogens (primary N) is 2. The number of nitrogen functional groups attached to an aromatic ring is 1. The predicted octanol–water partition coefficient (Wildman–Crippen LogP) is 1.07. The molecule has 1 heterocycles. The molecule has 2 aromatic rings. The van der Waals surface area contributed by atoms with Crippen molar-refractivity contribution in [2.75, 3.05) is 11.1 Å². The van der Waals surface area contributed by atoms with Crippen molar-refractivity contribution in [2.45, 2.75) is 19.9 Å². The number of carbonyl (C=O) groups is 1. The van der Waals surface area contributed by atoms with E-state index >= 15 is 0 Å². The van der Waals surface area contributed by atoms with E-state index < -0.39 is 11.9 Å². The zero-order valence-corrected chi connectivity index (χ0v) is 10.4. The lowest BCUT2D eigenvalue weighted by Crippen LogP contribution is -2.39. The van der Waals surface area contributed by atoms with E-state index in [0.717, 1.165) is 11.0 Å². The number of H-pyrrole nitrogens is 1. The molecule has 0 aliphatic rings. The van der Waals surface area contributed by atoms with Gasteiger partial charge in [-0.2, -0.15) is 0 Å². The van der Waals surface area contributed by atoms with Gasteiger partial charge in [0.2, 0.25) is 11.9 Å². The van der Waals surface area contributed by atoms with Crippen LogP contribution in [0, 0.1) is 5.92 Å².